The number of hydrogen-bond donors (Lipinski definition) is 3. The summed E-state index contributed by atoms with van der Waals surface area (Å²) in [5, 5.41) is 5.80. The Morgan fingerprint density at radius 1 is 1.25 bits per heavy atom. The summed E-state index contributed by atoms with van der Waals surface area (Å²) < 4.78 is 0. The minimum atomic E-state index is -0.566. The summed E-state index contributed by atoms with van der Waals surface area (Å²) in [6.45, 7) is 4.08. The van der Waals surface area contributed by atoms with Crippen molar-refractivity contribution in [1.82, 2.24) is 15.5 Å². The topological polar surface area (TPSA) is 105 Å². The van der Waals surface area contributed by atoms with Crippen LogP contribution in [0, 0.1) is 0 Å². The van der Waals surface area contributed by atoms with Crippen LogP contribution >= 0.6 is 0 Å². The Morgan fingerprint density at radius 2 is 2.07 bits per heavy atom. The van der Waals surface area contributed by atoms with Gasteiger partial charge in [-0.2, -0.15) is 0 Å². The Morgan fingerprint density at radius 3 is 2.82 bits per heavy atom. The Hall–Kier alpha value is -2.25. The van der Waals surface area contributed by atoms with Crippen LogP contribution in [0.3, 0.4) is 0 Å². The van der Waals surface area contributed by atoms with Gasteiger partial charge in [0.1, 0.15) is 6.04 Å². The first-order valence-electron chi connectivity index (χ1n) is 10.2. The fourth-order valence-electron chi connectivity index (χ4n) is 3.93. The van der Waals surface area contributed by atoms with Crippen molar-refractivity contribution in [3.8, 4) is 0 Å². The van der Waals surface area contributed by atoms with E-state index in [4.69, 9.17) is 5.73 Å². The van der Waals surface area contributed by atoms with Crippen molar-refractivity contribution >= 4 is 17.7 Å². The van der Waals surface area contributed by atoms with Gasteiger partial charge in [-0.25, -0.2) is 0 Å². The van der Waals surface area contributed by atoms with Crippen LogP contribution in [0.1, 0.15) is 66.9 Å². The van der Waals surface area contributed by atoms with E-state index in [9.17, 15) is 14.4 Å². The standard InChI is InChI=1S/C21H30N4O3/c1-14(22)6-3-2-4-11-23-12-15-7-5-8-16-17(15)13-25(21(16)28)18-9-10-19(26)24-20(18)27/h5,7-8,14,18,23H,2-4,6,9-13,22H2,1H3,(H,24,26,27)/t14-,18?/m0/s1. The number of benzene rings is 1. The number of imide groups is 1. The van der Waals surface area contributed by atoms with Crippen molar-refractivity contribution in [2.45, 2.75) is 70.6 Å². The van der Waals surface area contributed by atoms with Crippen molar-refractivity contribution in [3.63, 3.8) is 0 Å². The normalized spacial score (nSPS) is 20.3. The van der Waals surface area contributed by atoms with Gasteiger partial charge in [0.25, 0.3) is 5.91 Å². The zero-order valence-corrected chi connectivity index (χ0v) is 16.5. The first kappa shape index (κ1) is 20.5. The molecule has 0 aromatic heterocycles. The third-order valence-electron chi connectivity index (χ3n) is 5.51. The van der Waals surface area contributed by atoms with Gasteiger partial charge in [-0.3, -0.25) is 19.7 Å². The van der Waals surface area contributed by atoms with Crippen molar-refractivity contribution in [3.05, 3.63) is 34.9 Å². The molecule has 1 aromatic carbocycles. The minimum Gasteiger partial charge on any atom is -0.328 e. The van der Waals surface area contributed by atoms with Crippen LogP contribution < -0.4 is 16.4 Å². The van der Waals surface area contributed by atoms with E-state index in [1.807, 2.05) is 25.1 Å². The van der Waals surface area contributed by atoms with E-state index in [1.54, 1.807) is 4.90 Å². The highest BCUT2D eigenvalue weighted by Gasteiger charge is 2.39. The Bertz CT molecular complexity index is 747. The molecule has 7 nitrogen and oxygen atoms in total. The molecular formula is C21H30N4O3. The molecule has 3 rings (SSSR count). The van der Waals surface area contributed by atoms with Crippen LogP contribution in [0.5, 0.6) is 0 Å². The van der Waals surface area contributed by atoms with Crippen molar-refractivity contribution in [1.29, 1.82) is 0 Å². The third-order valence-corrected chi connectivity index (χ3v) is 5.51. The molecule has 0 saturated carbocycles. The zero-order chi connectivity index (χ0) is 20.1. The highest BCUT2D eigenvalue weighted by Crippen LogP contribution is 2.29. The summed E-state index contributed by atoms with van der Waals surface area (Å²) in [5.74, 6) is -0.762. The summed E-state index contributed by atoms with van der Waals surface area (Å²) in [7, 11) is 0. The quantitative estimate of drug-likeness (QED) is 0.440. The number of hydrogen-bond acceptors (Lipinski definition) is 5. The van der Waals surface area contributed by atoms with Gasteiger partial charge in [0.2, 0.25) is 11.8 Å². The molecule has 1 saturated heterocycles. The molecule has 1 fully saturated rings. The van der Waals surface area contributed by atoms with Crippen LogP contribution in [0.2, 0.25) is 0 Å². The summed E-state index contributed by atoms with van der Waals surface area (Å²) in [6, 6.07) is 5.45. The molecule has 2 atom stereocenters. The summed E-state index contributed by atoms with van der Waals surface area (Å²) in [6.07, 6.45) is 5.12. The van der Waals surface area contributed by atoms with E-state index in [0.29, 0.717) is 25.1 Å². The number of piperidine rings is 1. The molecular weight excluding hydrogens is 356 g/mol. The largest absolute Gasteiger partial charge is 0.328 e. The Labute approximate surface area is 166 Å². The second-order valence-electron chi connectivity index (χ2n) is 7.85. The lowest BCUT2D eigenvalue weighted by Gasteiger charge is -2.29. The number of carbonyl (C=O) groups excluding carboxylic acids is 3. The van der Waals surface area contributed by atoms with E-state index in [2.05, 4.69) is 10.6 Å². The number of nitrogens with zero attached hydrogens (tertiary/aromatic N) is 1. The van der Waals surface area contributed by atoms with Gasteiger partial charge in [0.15, 0.2) is 0 Å². The molecule has 0 spiro atoms. The lowest BCUT2D eigenvalue weighted by molar-refractivity contribution is -0.136. The van der Waals surface area contributed by atoms with Gasteiger partial charge in [0, 0.05) is 31.1 Å². The summed E-state index contributed by atoms with van der Waals surface area (Å²) in [4.78, 5) is 38.0. The first-order valence-corrected chi connectivity index (χ1v) is 10.2. The third kappa shape index (κ3) is 4.77. The van der Waals surface area contributed by atoms with Crippen LogP contribution in [-0.2, 0) is 22.7 Å². The molecule has 3 amide bonds. The van der Waals surface area contributed by atoms with E-state index in [-0.39, 0.29) is 30.2 Å². The maximum atomic E-state index is 12.8. The fourth-order valence-corrected chi connectivity index (χ4v) is 3.93. The number of fused-ring (bicyclic) bond motifs is 1. The van der Waals surface area contributed by atoms with Gasteiger partial charge in [0.05, 0.1) is 0 Å². The smallest absolute Gasteiger partial charge is 0.255 e. The molecule has 7 heteroatoms. The molecule has 1 unspecified atom stereocenters. The van der Waals surface area contributed by atoms with E-state index in [0.717, 1.165) is 43.4 Å². The number of carbonyl (C=O) groups is 3. The maximum absolute atomic E-state index is 12.8. The van der Waals surface area contributed by atoms with Crippen LogP contribution in [0.25, 0.3) is 0 Å². The second-order valence-corrected chi connectivity index (χ2v) is 7.85. The van der Waals surface area contributed by atoms with E-state index < -0.39 is 6.04 Å². The molecule has 28 heavy (non-hydrogen) atoms. The number of nitrogens with one attached hydrogen (secondary N) is 2. The van der Waals surface area contributed by atoms with E-state index in [1.165, 1.54) is 0 Å². The highest BCUT2D eigenvalue weighted by molar-refractivity contribution is 6.05. The highest BCUT2D eigenvalue weighted by atomic mass is 16.2. The fraction of sp³-hybridized carbons (Fsp3) is 0.571. The van der Waals surface area contributed by atoms with Gasteiger partial charge < -0.3 is 16.0 Å². The lowest BCUT2D eigenvalue weighted by Crippen LogP contribution is -2.52. The number of amides is 3. The first-order chi connectivity index (χ1) is 13.5. The molecule has 0 aliphatic carbocycles. The Kier molecular flexibility index (Phi) is 6.80. The zero-order valence-electron chi connectivity index (χ0n) is 16.5. The van der Waals surface area contributed by atoms with Gasteiger partial charge >= 0.3 is 0 Å². The lowest BCUT2D eigenvalue weighted by atomic mass is 10.0. The average Bonchev–Trinajstić information content (AvgIpc) is 2.98. The molecule has 2 aliphatic heterocycles. The van der Waals surface area contributed by atoms with Gasteiger partial charge in [-0.15, -0.1) is 0 Å². The molecule has 152 valence electrons. The molecule has 0 radical (unpaired) electrons. The average molecular weight is 386 g/mol. The van der Waals surface area contributed by atoms with Crippen LogP contribution in [-0.4, -0.2) is 41.2 Å². The number of nitrogens with two attached hydrogens (primary N) is 1. The van der Waals surface area contributed by atoms with Crippen molar-refractivity contribution in [2.75, 3.05) is 6.54 Å². The van der Waals surface area contributed by atoms with Crippen molar-refractivity contribution in [2.24, 2.45) is 5.73 Å². The second kappa shape index (κ2) is 9.30. The molecule has 4 N–H and O–H groups in total. The summed E-state index contributed by atoms with van der Waals surface area (Å²) in [5.41, 5.74) is 8.51. The monoisotopic (exact) mass is 386 g/mol. The predicted molar refractivity (Wildman–Crippen MR) is 106 cm³/mol. The van der Waals surface area contributed by atoms with Gasteiger partial charge in [-0.1, -0.05) is 25.0 Å². The minimum absolute atomic E-state index is 0.123. The van der Waals surface area contributed by atoms with Crippen molar-refractivity contribution < 1.29 is 14.4 Å². The summed E-state index contributed by atoms with van der Waals surface area (Å²) >= 11 is 0. The number of unbranched alkanes of at least 4 members (excludes halogenated alkanes) is 2. The molecule has 1 aromatic rings. The molecule has 2 aliphatic rings. The van der Waals surface area contributed by atoms with E-state index >= 15 is 0 Å². The predicted octanol–water partition coefficient (Wildman–Crippen LogP) is 1.44. The molecule has 2 heterocycles. The maximum Gasteiger partial charge on any atom is 0.255 e. The SMILES string of the molecule is C[C@H](N)CCCCCNCc1cccc2c1CN(C1CCC(=O)NC1=O)C2=O. The van der Waals surface area contributed by atoms with Gasteiger partial charge in [-0.05, 0) is 49.9 Å². The van der Waals surface area contributed by atoms with Crippen LogP contribution in [0.4, 0.5) is 0 Å². The van der Waals surface area contributed by atoms with Crippen LogP contribution in [0.15, 0.2) is 18.2 Å². The Balaban J connectivity index is 1.55. The number of rotatable bonds is 9. The molecule has 0 bridgehead atoms.